The molecule has 15 heavy (non-hydrogen) atoms. The molecule has 0 amide bonds. The Bertz CT molecular complexity index is 401. The topological polar surface area (TPSA) is 12.0 Å². The third-order valence-corrected chi connectivity index (χ3v) is 2.72. The minimum atomic E-state index is 0.749. The van der Waals surface area contributed by atoms with Crippen LogP contribution in [0.25, 0.3) is 0 Å². The lowest BCUT2D eigenvalue weighted by Crippen LogP contribution is -2.19. The number of rotatable bonds is 2. The van der Waals surface area contributed by atoms with Crippen LogP contribution in [0, 0.1) is 6.92 Å². The predicted molar refractivity (Wildman–Crippen MR) is 64.9 cm³/mol. The summed E-state index contributed by atoms with van der Waals surface area (Å²) in [5, 5.41) is 4.16. The number of aryl methyl sites for hydroxylation is 1. The van der Waals surface area contributed by atoms with Crippen molar-refractivity contribution in [1.82, 2.24) is 5.32 Å². The zero-order chi connectivity index (χ0) is 10.7. The molecule has 2 rings (SSSR count). The van der Waals surface area contributed by atoms with Crippen LogP contribution in [0.5, 0.6) is 0 Å². The van der Waals surface area contributed by atoms with Gasteiger partial charge in [-0.2, -0.15) is 0 Å². The summed E-state index contributed by atoms with van der Waals surface area (Å²) in [6.45, 7) is 2.85. The Labute approximate surface area is 95.5 Å². The molecule has 1 heterocycles. The van der Waals surface area contributed by atoms with Crippen LogP contribution in [0.3, 0.4) is 0 Å². The number of benzene rings is 1. The average molecular weight is 220 g/mol. The van der Waals surface area contributed by atoms with Crippen LogP contribution in [-0.2, 0) is 6.42 Å². The standard InChI is InChI=1S/C13H14ClN/c1-10-2-4-11(5-3-10)8-13-7-6-12(14)9-15-13/h2-7,15H,8-9H2,1H3. The number of nitrogens with one attached hydrogen (secondary N) is 1. The summed E-state index contributed by atoms with van der Waals surface area (Å²) in [5.74, 6) is 0. The van der Waals surface area contributed by atoms with Crippen molar-refractivity contribution >= 4 is 11.6 Å². The van der Waals surface area contributed by atoms with E-state index in [-0.39, 0.29) is 0 Å². The number of dihydropyridines is 1. The third kappa shape index (κ3) is 2.87. The molecule has 0 aliphatic carbocycles. The molecule has 1 aliphatic heterocycles. The summed E-state index contributed by atoms with van der Waals surface area (Å²) in [6, 6.07) is 8.61. The molecular formula is C13H14ClN. The van der Waals surface area contributed by atoms with Crippen molar-refractivity contribution in [3.05, 3.63) is 58.3 Å². The van der Waals surface area contributed by atoms with Gasteiger partial charge in [0.2, 0.25) is 0 Å². The molecule has 0 fully saturated rings. The first-order valence-electron chi connectivity index (χ1n) is 5.09. The van der Waals surface area contributed by atoms with Gasteiger partial charge in [-0.05, 0) is 24.6 Å². The Morgan fingerprint density at radius 2 is 1.93 bits per heavy atom. The van der Waals surface area contributed by atoms with Crippen LogP contribution >= 0.6 is 11.6 Å². The van der Waals surface area contributed by atoms with E-state index in [2.05, 4.69) is 36.5 Å². The van der Waals surface area contributed by atoms with E-state index >= 15 is 0 Å². The van der Waals surface area contributed by atoms with E-state index in [1.807, 2.05) is 12.2 Å². The quantitative estimate of drug-likeness (QED) is 0.806. The van der Waals surface area contributed by atoms with E-state index in [0.717, 1.165) is 18.0 Å². The second-order valence-corrected chi connectivity index (χ2v) is 4.31. The van der Waals surface area contributed by atoms with Gasteiger partial charge in [0.25, 0.3) is 0 Å². The number of halogens is 1. The highest BCUT2D eigenvalue weighted by Gasteiger charge is 2.03. The molecule has 0 saturated carbocycles. The maximum Gasteiger partial charge on any atom is 0.0505 e. The third-order valence-electron chi connectivity index (χ3n) is 2.46. The molecule has 1 aliphatic rings. The summed E-state index contributed by atoms with van der Waals surface area (Å²) in [6.07, 6.45) is 4.95. The van der Waals surface area contributed by atoms with Crippen molar-refractivity contribution in [3.8, 4) is 0 Å². The molecule has 0 aromatic heterocycles. The largest absolute Gasteiger partial charge is 0.383 e. The van der Waals surface area contributed by atoms with Gasteiger partial charge in [0.15, 0.2) is 0 Å². The van der Waals surface area contributed by atoms with E-state index in [4.69, 9.17) is 11.6 Å². The molecule has 1 aromatic rings. The van der Waals surface area contributed by atoms with Crippen molar-refractivity contribution in [2.75, 3.05) is 6.54 Å². The lowest BCUT2D eigenvalue weighted by Gasteiger charge is -2.14. The van der Waals surface area contributed by atoms with Gasteiger partial charge in [0.05, 0.1) is 6.54 Å². The fourth-order valence-corrected chi connectivity index (χ4v) is 1.68. The lowest BCUT2D eigenvalue weighted by molar-refractivity contribution is 0.838. The van der Waals surface area contributed by atoms with Gasteiger partial charge in [0, 0.05) is 17.2 Å². The summed E-state index contributed by atoms with van der Waals surface area (Å²) in [4.78, 5) is 0. The van der Waals surface area contributed by atoms with Gasteiger partial charge < -0.3 is 5.32 Å². The smallest absolute Gasteiger partial charge is 0.0505 e. The van der Waals surface area contributed by atoms with Crippen molar-refractivity contribution in [2.45, 2.75) is 13.3 Å². The second-order valence-electron chi connectivity index (χ2n) is 3.82. The average Bonchev–Trinajstić information content (AvgIpc) is 2.25. The van der Waals surface area contributed by atoms with Crippen LogP contribution in [0.4, 0.5) is 0 Å². The first kappa shape index (κ1) is 10.3. The van der Waals surface area contributed by atoms with Gasteiger partial charge in [-0.3, -0.25) is 0 Å². The van der Waals surface area contributed by atoms with E-state index in [0.29, 0.717) is 0 Å². The molecule has 0 bridgehead atoms. The normalized spacial score (nSPS) is 15.3. The van der Waals surface area contributed by atoms with Crippen molar-refractivity contribution in [2.24, 2.45) is 0 Å². The van der Waals surface area contributed by atoms with E-state index < -0.39 is 0 Å². The Hall–Kier alpha value is -1.21. The summed E-state index contributed by atoms with van der Waals surface area (Å²) < 4.78 is 0. The van der Waals surface area contributed by atoms with Gasteiger partial charge in [-0.25, -0.2) is 0 Å². The highest BCUT2D eigenvalue weighted by atomic mass is 35.5. The predicted octanol–water partition coefficient (Wildman–Crippen LogP) is 3.15. The van der Waals surface area contributed by atoms with Gasteiger partial charge >= 0.3 is 0 Å². The molecule has 0 atom stereocenters. The molecule has 0 saturated heterocycles. The molecule has 1 N–H and O–H groups in total. The van der Waals surface area contributed by atoms with Crippen molar-refractivity contribution < 1.29 is 0 Å². The molecule has 0 unspecified atom stereocenters. The summed E-state index contributed by atoms with van der Waals surface area (Å²) in [7, 11) is 0. The highest BCUT2D eigenvalue weighted by Crippen LogP contribution is 2.12. The van der Waals surface area contributed by atoms with Crippen LogP contribution in [0.2, 0.25) is 0 Å². The lowest BCUT2D eigenvalue weighted by atomic mass is 10.1. The van der Waals surface area contributed by atoms with Gasteiger partial charge in [-0.15, -0.1) is 0 Å². The van der Waals surface area contributed by atoms with Crippen LogP contribution in [0.15, 0.2) is 47.1 Å². The molecular weight excluding hydrogens is 206 g/mol. The highest BCUT2D eigenvalue weighted by molar-refractivity contribution is 6.30. The monoisotopic (exact) mass is 219 g/mol. The fourth-order valence-electron chi connectivity index (χ4n) is 1.55. The maximum absolute atomic E-state index is 5.86. The number of hydrogen-bond acceptors (Lipinski definition) is 1. The maximum atomic E-state index is 5.86. The van der Waals surface area contributed by atoms with Crippen LogP contribution in [-0.4, -0.2) is 6.54 Å². The molecule has 2 heteroatoms. The summed E-state index contributed by atoms with van der Waals surface area (Å²) in [5.41, 5.74) is 3.85. The van der Waals surface area contributed by atoms with Gasteiger partial charge in [0.1, 0.15) is 0 Å². The molecule has 1 aromatic carbocycles. The SMILES string of the molecule is Cc1ccc(CC2=CC=C(Cl)CN2)cc1. The van der Waals surface area contributed by atoms with Crippen molar-refractivity contribution in [1.29, 1.82) is 0 Å². The first-order valence-corrected chi connectivity index (χ1v) is 5.46. The second kappa shape index (κ2) is 4.54. The minimum Gasteiger partial charge on any atom is -0.383 e. The Morgan fingerprint density at radius 3 is 2.53 bits per heavy atom. The Morgan fingerprint density at radius 1 is 1.20 bits per heavy atom. The van der Waals surface area contributed by atoms with Crippen molar-refractivity contribution in [3.63, 3.8) is 0 Å². The summed E-state index contributed by atoms with van der Waals surface area (Å²) >= 11 is 5.86. The fraction of sp³-hybridized carbons (Fsp3) is 0.231. The number of hydrogen-bond donors (Lipinski definition) is 1. The van der Waals surface area contributed by atoms with Crippen LogP contribution < -0.4 is 5.32 Å². The van der Waals surface area contributed by atoms with E-state index in [1.165, 1.54) is 16.8 Å². The van der Waals surface area contributed by atoms with E-state index in [1.54, 1.807) is 0 Å². The Kier molecular flexibility index (Phi) is 3.12. The molecule has 1 nitrogen and oxygen atoms in total. The minimum absolute atomic E-state index is 0.749. The first-order chi connectivity index (χ1) is 7.24. The zero-order valence-corrected chi connectivity index (χ0v) is 9.51. The van der Waals surface area contributed by atoms with Gasteiger partial charge in [-0.1, -0.05) is 41.4 Å². The number of allylic oxidation sites excluding steroid dienone is 3. The molecule has 0 spiro atoms. The van der Waals surface area contributed by atoms with E-state index in [9.17, 15) is 0 Å². The zero-order valence-electron chi connectivity index (χ0n) is 8.76. The molecule has 78 valence electrons. The molecule has 0 radical (unpaired) electrons. The van der Waals surface area contributed by atoms with Crippen LogP contribution in [0.1, 0.15) is 11.1 Å². The Balaban J connectivity index is 2.06.